The zero-order chi connectivity index (χ0) is 41.6. The maximum Gasteiger partial charge on any atom is 0.0999 e. The van der Waals surface area contributed by atoms with E-state index in [2.05, 4.69) is 142 Å². The highest BCUT2D eigenvalue weighted by atomic mass is 14.7. The van der Waals surface area contributed by atoms with E-state index in [1.54, 1.807) is 0 Å². The number of pyridine rings is 1. The van der Waals surface area contributed by atoms with E-state index in [1.807, 2.05) is 6.07 Å². The average molecular weight is 771 g/mol. The van der Waals surface area contributed by atoms with Crippen LogP contribution in [0.25, 0.3) is 34.2 Å². The van der Waals surface area contributed by atoms with Gasteiger partial charge < -0.3 is 0 Å². The number of hydrogen-bond acceptors (Lipinski definition) is 2. The summed E-state index contributed by atoms with van der Waals surface area (Å²) in [4.78, 5) is 5.15. The molecule has 0 radical (unpaired) electrons. The van der Waals surface area contributed by atoms with Gasteiger partial charge in [0, 0.05) is 5.39 Å². The molecule has 0 fully saturated rings. The van der Waals surface area contributed by atoms with Gasteiger partial charge in [0.15, 0.2) is 0 Å². The van der Waals surface area contributed by atoms with E-state index < -0.39 is 0 Å². The maximum absolute atomic E-state index is 10.5. The first kappa shape index (κ1) is 43.1. The van der Waals surface area contributed by atoms with Crippen LogP contribution in [0.1, 0.15) is 181 Å². The van der Waals surface area contributed by atoms with E-state index in [1.165, 1.54) is 105 Å². The van der Waals surface area contributed by atoms with Gasteiger partial charge in [0.1, 0.15) is 0 Å². The minimum atomic E-state index is 0.129. The lowest BCUT2D eigenvalue weighted by atomic mass is 9.73. The molecule has 2 aliphatic rings. The highest BCUT2D eigenvalue weighted by Crippen LogP contribution is 2.45. The molecule has 3 aromatic carbocycles. The van der Waals surface area contributed by atoms with Crippen LogP contribution in [0.5, 0.6) is 0 Å². The van der Waals surface area contributed by atoms with Crippen molar-refractivity contribution in [2.45, 2.75) is 159 Å². The minimum absolute atomic E-state index is 0.129. The van der Waals surface area contributed by atoms with E-state index in [0.29, 0.717) is 5.56 Å². The number of fused-ring (bicyclic) bond motifs is 1. The van der Waals surface area contributed by atoms with Crippen molar-refractivity contribution < 1.29 is 0 Å². The van der Waals surface area contributed by atoms with Crippen molar-refractivity contribution in [3.8, 4) is 6.07 Å². The first-order valence-corrected chi connectivity index (χ1v) is 22.7. The molecule has 0 N–H and O–H groups in total. The summed E-state index contributed by atoms with van der Waals surface area (Å²) in [5, 5.41) is 11.4. The second kappa shape index (κ2) is 18.6. The molecule has 0 spiro atoms. The first-order chi connectivity index (χ1) is 27.7. The Bertz CT molecular complexity index is 2280. The lowest BCUT2D eigenvalue weighted by molar-refractivity contribution is 0.370. The second-order valence-electron chi connectivity index (χ2n) is 19.3. The van der Waals surface area contributed by atoms with Gasteiger partial charge in [-0.05, 0) is 192 Å². The number of nitrogens with zero attached hydrogens (tertiary/aromatic N) is 2. The molecule has 1 heterocycles. The molecule has 0 aliphatic heterocycles. The van der Waals surface area contributed by atoms with Gasteiger partial charge in [-0.3, -0.25) is 0 Å². The molecular formula is C56H70N2. The van der Waals surface area contributed by atoms with Crippen molar-refractivity contribution in [3.63, 3.8) is 0 Å². The second-order valence-corrected chi connectivity index (χ2v) is 19.3. The molecule has 304 valence electrons. The van der Waals surface area contributed by atoms with Crippen molar-refractivity contribution >= 4 is 34.2 Å². The van der Waals surface area contributed by atoms with Crippen LogP contribution in [0, 0.1) is 36.0 Å². The number of rotatable bonds is 14. The fraction of sp³-hybridized carbons (Fsp3) is 0.464. The van der Waals surface area contributed by atoms with Gasteiger partial charge in [0.05, 0.1) is 22.8 Å². The molecule has 58 heavy (non-hydrogen) atoms. The molecule has 1 aromatic heterocycles. The SMILES string of the molecule is CCCCc1cc(C2=C/C(=C/c3cc(C#N)c4cc(/C=C5/C=C(c6cc(CCCC)c(C)c(CCCC)c6)CC(C)(C)C5)ccc4n3)CC(C)(C)C2)cc(CC)c1C. The van der Waals surface area contributed by atoms with Crippen LogP contribution < -0.4 is 0 Å². The minimum Gasteiger partial charge on any atom is -0.248 e. The number of unbranched alkanes of at least 4 members (excludes halogenated alkanes) is 3. The summed E-state index contributed by atoms with van der Waals surface area (Å²) in [5.74, 6) is 0. The molecule has 0 atom stereocenters. The zero-order valence-electron chi connectivity index (χ0n) is 37.7. The Kier molecular flexibility index (Phi) is 13.8. The molecule has 0 saturated heterocycles. The highest BCUT2D eigenvalue weighted by Gasteiger charge is 2.28. The van der Waals surface area contributed by atoms with E-state index in [9.17, 15) is 5.26 Å². The number of aromatic nitrogens is 1. The normalized spacial score (nSPS) is 17.7. The van der Waals surface area contributed by atoms with Crippen LogP contribution in [0.3, 0.4) is 0 Å². The summed E-state index contributed by atoms with van der Waals surface area (Å²) in [5.41, 5.74) is 21.1. The third-order valence-corrected chi connectivity index (χ3v) is 12.8. The predicted molar refractivity (Wildman–Crippen MR) is 252 cm³/mol. The summed E-state index contributed by atoms with van der Waals surface area (Å²) >= 11 is 0. The van der Waals surface area contributed by atoms with Crippen LogP contribution >= 0.6 is 0 Å². The maximum atomic E-state index is 10.5. The lowest BCUT2D eigenvalue weighted by Crippen LogP contribution is -2.17. The standard InChI is InChI=1S/C56H70N2/c1-11-15-18-44-29-47(28-43(14-4)38(44)5)50-25-42(34-56(9,10)36-50)26-52-32-51(37-57)53-27-40(21-22-54(53)58-52)23-41-24-49(35-55(7,8)33-41)48-30-45(19-16-12-2)39(6)46(31-48)20-17-13-3/h21-32H,11-20,33-36H2,1-10H3/b41-23-,42-26-. The Balaban J connectivity index is 1.35. The quantitative estimate of drug-likeness (QED) is 0.128. The van der Waals surface area contributed by atoms with Gasteiger partial charge >= 0.3 is 0 Å². The average Bonchev–Trinajstić information content (AvgIpc) is 3.18. The third kappa shape index (κ3) is 10.4. The van der Waals surface area contributed by atoms with E-state index in [0.717, 1.165) is 73.5 Å². The van der Waals surface area contributed by atoms with Crippen molar-refractivity contribution in [1.29, 1.82) is 5.26 Å². The Labute approximate surface area is 352 Å². The molecule has 2 aliphatic carbocycles. The molecule has 0 saturated carbocycles. The largest absolute Gasteiger partial charge is 0.248 e. The van der Waals surface area contributed by atoms with E-state index >= 15 is 0 Å². The fourth-order valence-electron chi connectivity index (χ4n) is 9.69. The van der Waals surface area contributed by atoms with Crippen LogP contribution in [0.4, 0.5) is 0 Å². The number of benzene rings is 3. The molecule has 2 heteroatoms. The summed E-state index contributed by atoms with van der Waals surface area (Å²) in [6, 6.07) is 20.9. The van der Waals surface area contributed by atoms with E-state index in [-0.39, 0.29) is 10.8 Å². The molecule has 0 amide bonds. The van der Waals surface area contributed by atoms with Gasteiger partial charge in [-0.1, -0.05) is 123 Å². The van der Waals surface area contributed by atoms with Crippen LogP contribution in [0.15, 0.2) is 71.8 Å². The highest BCUT2D eigenvalue weighted by molar-refractivity contribution is 5.89. The van der Waals surface area contributed by atoms with Crippen molar-refractivity contribution in [1.82, 2.24) is 4.98 Å². The summed E-state index contributed by atoms with van der Waals surface area (Å²) < 4.78 is 0. The number of aryl methyl sites for hydroxylation is 4. The predicted octanol–water partition coefficient (Wildman–Crippen LogP) is 15.9. The molecular weight excluding hydrogens is 701 g/mol. The molecule has 0 unspecified atom stereocenters. The molecule has 0 bridgehead atoms. The Morgan fingerprint density at radius 2 is 1.10 bits per heavy atom. The van der Waals surface area contributed by atoms with Gasteiger partial charge in [0.2, 0.25) is 0 Å². The Morgan fingerprint density at radius 3 is 1.59 bits per heavy atom. The Morgan fingerprint density at radius 1 is 0.621 bits per heavy atom. The number of hydrogen-bond donors (Lipinski definition) is 0. The zero-order valence-corrected chi connectivity index (χ0v) is 37.7. The topological polar surface area (TPSA) is 36.7 Å². The van der Waals surface area contributed by atoms with Crippen LogP contribution in [0.2, 0.25) is 0 Å². The van der Waals surface area contributed by atoms with Gasteiger partial charge in [-0.25, -0.2) is 4.98 Å². The first-order valence-electron chi connectivity index (χ1n) is 22.7. The summed E-state index contributed by atoms with van der Waals surface area (Å²) in [7, 11) is 0. The van der Waals surface area contributed by atoms with Gasteiger partial charge in [0.25, 0.3) is 0 Å². The van der Waals surface area contributed by atoms with Crippen molar-refractivity contribution in [2.75, 3.05) is 0 Å². The summed E-state index contributed by atoms with van der Waals surface area (Å²) in [6.45, 7) is 23.4. The number of allylic oxidation sites excluding steroid dienone is 6. The lowest BCUT2D eigenvalue weighted by Gasteiger charge is -2.32. The fourth-order valence-corrected chi connectivity index (χ4v) is 9.69. The van der Waals surface area contributed by atoms with Crippen LogP contribution in [-0.2, 0) is 25.7 Å². The molecule has 4 aromatic rings. The Hall–Kier alpha value is -4.48. The smallest absolute Gasteiger partial charge is 0.0999 e. The van der Waals surface area contributed by atoms with Crippen molar-refractivity contribution in [2.24, 2.45) is 10.8 Å². The number of nitriles is 1. The monoisotopic (exact) mass is 771 g/mol. The molecule has 6 rings (SSSR count). The van der Waals surface area contributed by atoms with Crippen LogP contribution in [-0.4, -0.2) is 4.98 Å². The van der Waals surface area contributed by atoms with Gasteiger partial charge in [-0.2, -0.15) is 5.26 Å². The van der Waals surface area contributed by atoms with Crippen molar-refractivity contribution in [3.05, 3.63) is 133 Å². The van der Waals surface area contributed by atoms with Gasteiger partial charge in [-0.15, -0.1) is 0 Å². The summed E-state index contributed by atoms with van der Waals surface area (Å²) in [6.07, 6.45) is 25.4. The molecule has 2 nitrogen and oxygen atoms in total. The third-order valence-electron chi connectivity index (χ3n) is 12.8. The van der Waals surface area contributed by atoms with E-state index in [4.69, 9.17) is 4.98 Å².